The Kier molecular flexibility index (Phi) is 6.20. The Morgan fingerprint density at radius 3 is 2.37 bits per heavy atom. The molecular weight excluding hydrogens is 367 g/mol. The van der Waals surface area contributed by atoms with Crippen LogP contribution in [0.1, 0.15) is 18.6 Å². The Morgan fingerprint density at radius 1 is 1.05 bits per heavy atom. The van der Waals surface area contributed by atoms with E-state index in [0.29, 0.717) is 0 Å². The van der Waals surface area contributed by atoms with E-state index < -0.39 is 0 Å². The molecule has 100 valence electrons. The molecule has 0 aromatic heterocycles. The van der Waals surface area contributed by atoms with Crippen molar-refractivity contribution in [2.45, 2.75) is 17.9 Å². The van der Waals surface area contributed by atoms with Gasteiger partial charge < -0.3 is 4.74 Å². The number of hydrogen-bond acceptors (Lipinski definition) is 2. The zero-order chi connectivity index (χ0) is 13.5. The van der Waals surface area contributed by atoms with Gasteiger partial charge in [0.15, 0.2) is 0 Å². The fourth-order valence-corrected chi connectivity index (χ4v) is 3.13. The summed E-state index contributed by atoms with van der Waals surface area (Å²) in [6, 6.07) is 19.1. The SMILES string of the molecule is CCOC(CSc1ccc(I)cc1)c1ccccc1. The van der Waals surface area contributed by atoms with E-state index >= 15 is 0 Å². The molecule has 0 saturated heterocycles. The first kappa shape index (κ1) is 14.9. The molecule has 0 amide bonds. The van der Waals surface area contributed by atoms with E-state index in [2.05, 4.69) is 71.1 Å². The Morgan fingerprint density at radius 2 is 1.74 bits per heavy atom. The quantitative estimate of drug-likeness (QED) is 0.503. The zero-order valence-electron chi connectivity index (χ0n) is 10.9. The average molecular weight is 384 g/mol. The van der Waals surface area contributed by atoms with Crippen molar-refractivity contribution in [2.24, 2.45) is 0 Å². The van der Waals surface area contributed by atoms with E-state index in [0.717, 1.165) is 12.4 Å². The Bertz CT molecular complexity index is 484. The van der Waals surface area contributed by atoms with Crippen LogP contribution in [0, 0.1) is 3.57 Å². The van der Waals surface area contributed by atoms with Gasteiger partial charge in [0.05, 0.1) is 6.10 Å². The first-order valence-electron chi connectivity index (χ1n) is 6.34. The molecule has 0 radical (unpaired) electrons. The van der Waals surface area contributed by atoms with Crippen molar-refractivity contribution in [3.63, 3.8) is 0 Å². The first-order chi connectivity index (χ1) is 9.29. The molecule has 19 heavy (non-hydrogen) atoms. The third kappa shape index (κ3) is 4.82. The van der Waals surface area contributed by atoms with Crippen LogP contribution in [-0.2, 0) is 4.74 Å². The molecule has 1 unspecified atom stereocenters. The number of benzene rings is 2. The fourth-order valence-electron chi connectivity index (χ4n) is 1.81. The lowest BCUT2D eigenvalue weighted by molar-refractivity contribution is 0.0798. The van der Waals surface area contributed by atoms with Gasteiger partial charge in [0.1, 0.15) is 0 Å². The highest BCUT2D eigenvalue weighted by molar-refractivity contribution is 14.1. The molecule has 0 saturated carbocycles. The number of rotatable bonds is 6. The predicted molar refractivity (Wildman–Crippen MR) is 90.7 cm³/mol. The molecule has 0 heterocycles. The molecule has 0 aliphatic heterocycles. The summed E-state index contributed by atoms with van der Waals surface area (Å²) in [5.41, 5.74) is 1.25. The van der Waals surface area contributed by atoms with Gasteiger partial charge >= 0.3 is 0 Å². The molecule has 2 aromatic carbocycles. The van der Waals surface area contributed by atoms with E-state index in [1.54, 1.807) is 0 Å². The number of hydrogen-bond donors (Lipinski definition) is 0. The van der Waals surface area contributed by atoms with Crippen LogP contribution < -0.4 is 0 Å². The van der Waals surface area contributed by atoms with Gasteiger partial charge in [-0.2, -0.15) is 0 Å². The van der Waals surface area contributed by atoms with Gasteiger partial charge in [0.25, 0.3) is 0 Å². The maximum atomic E-state index is 5.85. The Balaban J connectivity index is 1.99. The molecular formula is C16H17IOS. The van der Waals surface area contributed by atoms with E-state index in [4.69, 9.17) is 4.74 Å². The van der Waals surface area contributed by atoms with Crippen molar-refractivity contribution >= 4 is 34.4 Å². The molecule has 2 aromatic rings. The van der Waals surface area contributed by atoms with Gasteiger partial charge in [-0.3, -0.25) is 0 Å². The standard InChI is InChI=1S/C16H17IOS/c1-2-18-16(13-6-4-3-5-7-13)12-19-15-10-8-14(17)9-11-15/h3-11,16H,2,12H2,1H3. The van der Waals surface area contributed by atoms with Gasteiger partial charge in [-0.05, 0) is 59.3 Å². The maximum Gasteiger partial charge on any atom is 0.0918 e. The normalized spacial score (nSPS) is 12.3. The average Bonchev–Trinajstić information content (AvgIpc) is 2.46. The van der Waals surface area contributed by atoms with Crippen molar-refractivity contribution in [1.29, 1.82) is 0 Å². The molecule has 0 fully saturated rings. The van der Waals surface area contributed by atoms with Crippen LogP contribution in [0.15, 0.2) is 59.5 Å². The van der Waals surface area contributed by atoms with Gasteiger partial charge in [0, 0.05) is 20.8 Å². The highest BCUT2D eigenvalue weighted by Crippen LogP contribution is 2.27. The number of halogens is 1. The maximum absolute atomic E-state index is 5.85. The molecule has 1 nitrogen and oxygen atoms in total. The van der Waals surface area contributed by atoms with E-state index in [1.165, 1.54) is 14.0 Å². The van der Waals surface area contributed by atoms with Crippen LogP contribution in [-0.4, -0.2) is 12.4 Å². The van der Waals surface area contributed by atoms with E-state index in [-0.39, 0.29) is 6.10 Å². The van der Waals surface area contributed by atoms with E-state index in [9.17, 15) is 0 Å². The molecule has 0 spiro atoms. The lowest BCUT2D eigenvalue weighted by atomic mass is 10.1. The zero-order valence-corrected chi connectivity index (χ0v) is 13.9. The monoisotopic (exact) mass is 384 g/mol. The lowest BCUT2D eigenvalue weighted by Crippen LogP contribution is -2.06. The van der Waals surface area contributed by atoms with Crippen molar-refractivity contribution in [3.8, 4) is 0 Å². The minimum atomic E-state index is 0.162. The first-order valence-corrected chi connectivity index (χ1v) is 8.41. The van der Waals surface area contributed by atoms with Crippen molar-refractivity contribution in [3.05, 3.63) is 63.7 Å². The largest absolute Gasteiger partial charge is 0.373 e. The topological polar surface area (TPSA) is 9.23 Å². The second-order valence-electron chi connectivity index (χ2n) is 4.12. The molecule has 0 bridgehead atoms. The highest BCUT2D eigenvalue weighted by Gasteiger charge is 2.11. The van der Waals surface area contributed by atoms with Crippen molar-refractivity contribution in [2.75, 3.05) is 12.4 Å². The van der Waals surface area contributed by atoms with Crippen LogP contribution in [0.5, 0.6) is 0 Å². The van der Waals surface area contributed by atoms with Gasteiger partial charge in [-0.1, -0.05) is 30.3 Å². The summed E-state index contributed by atoms with van der Waals surface area (Å²) in [5, 5.41) is 0. The van der Waals surface area contributed by atoms with E-state index in [1.807, 2.05) is 24.8 Å². The van der Waals surface area contributed by atoms with Crippen LogP contribution in [0.25, 0.3) is 0 Å². The van der Waals surface area contributed by atoms with Crippen LogP contribution >= 0.6 is 34.4 Å². The van der Waals surface area contributed by atoms with Gasteiger partial charge in [-0.25, -0.2) is 0 Å². The molecule has 1 atom stereocenters. The predicted octanol–water partition coefficient (Wildman–Crippen LogP) is 5.16. The summed E-state index contributed by atoms with van der Waals surface area (Å²) in [5.74, 6) is 0.943. The Hall–Kier alpha value is -0.520. The highest BCUT2D eigenvalue weighted by atomic mass is 127. The number of thioether (sulfide) groups is 1. The molecule has 3 heteroatoms. The molecule has 0 N–H and O–H groups in total. The molecule has 0 aliphatic rings. The minimum absolute atomic E-state index is 0.162. The second-order valence-corrected chi connectivity index (χ2v) is 6.46. The third-order valence-corrected chi connectivity index (χ3v) is 4.55. The summed E-state index contributed by atoms with van der Waals surface area (Å²) in [6.45, 7) is 2.79. The lowest BCUT2D eigenvalue weighted by Gasteiger charge is -2.17. The number of ether oxygens (including phenoxy) is 1. The van der Waals surface area contributed by atoms with Gasteiger partial charge in [0.2, 0.25) is 0 Å². The molecule has 0 aliphatic carbocycles. The van der Waals surface area contributed by atoms with Gasteiger partial charge in [-0.15, -0.1) is 11.8 Å². The summed E-state index contributed by atoms with van der Waals surface area (Å²) in [4.78, 5) is 1.29. The third-order valence-electron chi connectivity index (χ3n) is 2.75. The van der Waals surface area contributed by atoms with Crippen LogP contribution in [0.3, 0.4) is 0 Å². The molecule has 2 rings (SSSR count). The summed E-state index contributed by atoms with van der Waals surface area (Å²) in [7, 11) is 0. The summed E-state index contributed by atoms with van der Waals surface area (Å²) < 4.78 is 7.12. The van der Waals surface area contributed by atoms with Crippen LogP contribution in [0.4, 0.5) is 0 Å². The van der Waals surface area contributed by atoms with Crippen LogP contribution in [0.2, 0.25) is 0 Å². The summed E-state index contributed by atoms with van der Waals surface area (Å²) >= 11 is 4.17. The minimum Gasteiger partial charge on any atom is -0.373 e. The smallest absolute Gasteiger partial charge is 0.0918 e. The Labute approximate surface area is 132 Å². The second kappa shape index (κ2) is 7.92. The fraction of sp³-hybridized carbons (Fsp3) is 0.250. The van der Waals surface area contributed by atoms with Crippen molar-refractivity contribution < 1.29 is 4.74 Å². The van der Waals surface area contributed by atoms with Crippen molar-refractivity contribution in [1.82, 2.24) is 0 Å². The summed E-state index contributed by atoms with van der Waals surface area (Å²) in [6.07, 6.45) is 0.162.